The predicted molar refractivity (Wildman–Crippen MR) is 79.7 cm³/mol. The molecule has 2 amide bonds. The van der Waals surface area contributed by atoms with Crippen LogP contribution >= 0.6 is 11.8 Å². The van der Waals surface area contributed by atoms with Crippen molar-refractivity contribution in [3.05, 3.63) is 0 Å². The van der Waals surface area contributed by atoms with Crippen LogP contribution in [0, 0.1) is 0 Å². The minimum Gasteiger partial charge on any atom is -0.480 e. The Labute approximate surface area is 120 Å². The van der Waals surface area contributed by atoms with Gasteiger partial charge in [0.25, 0.3) is 0 Å². The molecule has 0 aromatic rings. The van der Waals surface area contributed by atoms with Crippen LogP contribution in [0.2, 0.25) is 0 Å². The van der Waals surface area contributed by atoms with E-state index in [-0.39, 0.29) is 10.8 Å². The van der Waals surface area contributed by atoms with Gasteiger partial charge in [-0.15, -0.1) is 0 Å². The van der Waals surface area contributed by atoms with Gasteiger partial charge in [-0.05, 0) is 25.5 Å². The van der Waals surface area contributed by atoms with Gasteiger partial charge >= 0.3 is 12.0 Å². The quantitative estimate of drug-likeness (QED) is 0.720. The van der Waals surface area contributed by atoms with E-state index in [2.05, 4.69) is 19.2 Å². The van der Waals surface area contributed by atoms with E-state index in [1.54, 1.807) is 18.7 Å². The van der Waals surface area contributed by atoms with E-state index in [0.717, 1.165) is 12.8 Å². The van der Waals surface area contributed by atoms with E-state index >= 15 is 0 Å². The topological polar surface area (TPSA) is 69.6 Å². The SMILES string of the molecule is CCC(C(=O)O)N(C)C(=O)NCC(CC)(CC)SC. The van der Waals surface area contributed by atoms with Gasteiger partial charge in [-0.25, -0.2) is 9.59 Å². The van der Waals surface area contributed by atoms with Crippen LogP contribution in [0.15, 0.2) is 0 Å². The highest BCUT2D eigenvalue weighted by molar-refractivity contribution is 8.00. The Morgan fingerprint density at radius 2 is 1.84 bits per heavy atom. The van der Waals surface area contributed by atoms with Gasteiger partial charge in [0.2, 0.25) is 0 Å². The average Bonchev–Trinajstić information content (AvgIpc) is 2.40. The van der Waals surface area contributed by atoms with Gasteiger partial charge in [0.15, 0.2) is 0 Å². The van der Waals surface area contributed by atoms with Crippen molar-refractivity contribution < 1.29 is 14.7 Å². The summed E-state index contributed by atoms with van der Waals surface area (Å²) >= 11 is 1.74. The maximum atomic E-state index is 12.0. The molecule has 0 saturated heterocycles. The van der Waals surface area contributed by atoms with E-state index in [0.29, 0.717) is 13.0 Å². The first-order valence-electron chi connectivity index (χ1n) is 6.66. The Morgan fingerprint density at radius 1 is 1.32 bits per heavy atom. The third kappa shape index (κ3) is 4.93. The molecule has 6 heteroatoms. The maximum absolute atomic E-state index is 12.0. The largest absolute Gasteiger partial charge is 0.480 e. The Bertz CT molecular complexity index is 298. The molecule has 0 aromatic carbocycles. The van der Waals surface area contributed by atoms with Gasteiger partial charge in [0.05, 0.1) is 0 Å². The van der Waals surface area contributed by atoms with Crippen molar-refractivity contribution in [2.75, 3.05) is 19.8 Å². The second kappa shape index (κ2) is 8.30. The normalized spacial score (nSPS) is 12.9. The second-order valence-electron chi connectivity index (χ2n) is 4.63. The van der Waals surface area contributed by atoms with Crippen molar-refractivity contribution in [1.82, 2.24) is 10.2 Å². The first kappa shape index (κ1) is 18.1. The molecule has 0 spiro atoms. The standard InChI is InChI=1S/C13H26N2O3S/c1-6-10(11(16)17)15(4)12(18)14-9-13(7-2,8-3)19-5/h10H,6-9H2,1-5H3,(H,14,18)(H,16,17). The van der Waals surface area contributed by atoms with Crippen molar-refractivity contribution in [3.8, 4) is 0 Å². The summed E-state index contributed by atoms with van der Waals surface area (Å²) in [6, 6.07) is -1.10. The number of hydrogen-bond donors (Lipinski definition) is 2. The molecule has 112 valence electrons. The van der Waals surface area contributed by atoms with Gasteiger partial charge in [-0.2, -0.15) is 11.8 Å². The van der Waals surface area contributed by atoms with Crippen molar-refractivity contribution in [2.24, 2.45) is 0 Å². The number of rotatable bonds is 8. The molecular formula is C13H26N2O3S. The number of likely N-dealkylation sites (N-methyl/N-ethyl adjacent to an activating group) is 1. The monoisotopic (exact) mass is 290 g/mol. The van der Waals surface area contributed by atoms with Crippen LogP contribution in [0.3, 0.4) is 0 Å². The third-order valence-corrected chi connectivity index (χ3v) is 5.33. The average molecular weight is 290 g/mol. The van der Waals surface area contributed by atoms with Crippen LogP contribution in [0.5, 0.6) is 0 Å². The Hall–Kier alpha value is -0.910. The van der Waals surface area contributed by atoms with Gasteiger partial charge in [0.1, 0.15) is 6.04 Å². The maximum Gasteiger partial charge on any atom is 0.326 e. The summed E-state index contributed by atoms with van der Waals surface area (Å²) in [6.45, 7) is 6.51. The number of carboxylic acid groups (broad SMARTS) is 1. The Morgan fingerprint density at radius 3 is 2.16 bits per heavy atom. The van der Waals surface area contributed by atoms with Crippen LogP contribution in [0.25, 0.3) is 0 Å². The number of thioether (sulfide) groups is 1. The molecule has 0 aliphatic rings. The highest BCUT2D eigenvalue weighted by Gasteiger charge is 2.28. The predicted octanol–water partition coefficient (Wildman–Crippen LogP) is 2.41. The fourth-order valence-corrected chi connectivity index (χ4v) is 2.77. The number of carbonyl (C=O) groups is 2. The molecule has 5 nitrogen and oxygen atoms in total. The summed E-state index contributed by atoms with van der Waals surface area (Å²) in [7, 11) is 1.52. The Balaban J connectivity index is 4.57. The summed E-state index contributed by atoms with van der Waals surface area (Å²) in [6.07, 6.45) is 4.36. The molecule has 19 heavy (non-hydrogen) atoms. The number of carboxylic acids is 1. The number of amides is 2. The van der Waals surface area contributed by atoms with Crippen LogP contribution < -0.4 is 5.32 Å². The molecule has 0 aliphatic carbocycles. The van der Waals surface area contributed by atoms with E-state index in [4.69, 9.17) is 5.11 Å². The summed E-state index contributed by atoms with van der Waals surface area (Å²) in [5.74, 6) is -0.970. The van der Waals surface area contributed by atoms with Crippen LogP contribution in [0.1, 0.15) is 40.0 Å². The number of urea groups is 1. The number of hydrogen-bond acceptors (Lipinski definition) is 3. The molecule has 2 N–H and O–H groups in total. The molecule has 1 atom stereocenters. The van der Waals surface area contributed by atoms with Gasteiger partial charge < -0.3 is 15.3 Å². The van der Waals surface area contributed by atoms with Gasteiger partial charge in [-0.3, -0.25) is 0 Å². The minimum absolute atomic E-state index is 0.0292. The van der Waals surface area contributed by atoms with E-state index < -0.39 is 12.0 Å². The zero-order valence-electron chi connectivity index (χ0n) is 12.5. The van der Waals surface area contributed by atoms with Crippen molar-refractivity contribution in [3.63, 3.8) is 0 Å². The zero-order valence-corrected chi connectivity index (χ0v) is 13.3. The number of nitrogens with one attached hydrogen (secondary N) is 1. The molecule has 0 bridgehead atoms. The van der Waals surface area contributed by atoms with E-state index in [9.17, 15) is 9.59 Å². The third-order valence-electron chi connectivity index (χ3n) is 3.74. The lowest BCUT2D eigenvalue weighted by Crippen LogP contribution is -2.50. The lowest BCUT2D eigenvalue weighted by molar-refractivity contribution is -0.141. The number of aliphatic carboxylic acids is 1. The van der Waals surface area contributed by atoms with Gasteiger partial charge in [0, 0.05) is 18.3 Å². The molecule has 1 unspecified atom stereocenters. The van der Waals surface area contributed by atoms with Gasteiger partial charge in [-0.1, -0.05) is 20.8 Å². The zero-order chi connectivity index (χ0) is 15.1. The van der Waals surface area contributed by atoms with Crippen LogP contribution in [0.4, 0.5) is 4.79 Å². The Kier molecular flexibility index (Phi) is 7.90. The van der Waals surface area contributed by atoms with E-state index in [1.165, 1.54) is 11.9 Å². The molecule has 0 saturated carbocycles. The van der Waals surface area contributed by atoms with Crippen molar-refractivity contribution in [2.45, 2.75) is 50.8 Å². The second-order valence-corrected chi connectivity index (χ2v) is 5.90. The van der Waals surface area contributed by atoms with Crippen molar-refractivity contribution in [1.29, 1.82) is 0 Å². The molecule has 0 fully saturated rings. The molecular weight excluding hydrogens is 264 g/mol. The van der Waals surface area contributed by atoms with Crippen LogP contribution in [-0.4, -0.2) is 52.6 Å². The fraction of sp³-hybridized carbons (Fsp3) is 0.846. The summed E-state index contributed by atoms with van der Waals surface area (Å²) in [5, 5.41) is 11.9. The minimum atomic E-state index is -0.970. The highest BCUT2D eigenvalue weighted by atomic mass is 32.2. The molecule has 0 heterocycles. The number of carbonyl (C=O) groups excluding carboxylic acids is 1. The lowest BCUT2D eigenvalue weighted by Gasteiger charge is -2.31. The molecule has 0 aliphatic heterocycles. The highest BCUT2D eigenvalue weighted by Crippen LogP contribution is 2.29. The first-order chi connectivity index (χ1) is 8.87. The van der Waals surface area contributed by atoms with Crippen molar-refractivity contribution >= 4 is 23.8 Å². The first-order valence-corrected chi connectivity index (χ1v) is 7.88. The van der Waals surface area contributed by atoms with E-state index in [1.807, 2.05) is 6.26 Å². The number of nitrogens with zero attached hydrogens (tertiary/aromatic N) is 1. The summed E-state index contributed by atoms with van der Waals surface area (Å²) in [5.41, 5.74) is 0. The smallest absolute Gasteiger partial charge is 0.326 e. The lowest BCUT2D eigenvalue weighted by atomic mass is 10.0. The fourth-order valence-electron chi connectivity index (χ4n) is 1.98. The summed E-state index contributed by atoms with van der Waals surface area (Å²) in [4.78, 5) is 24.3. The molecule has 0 radical (unpaired) electrons. The molecule has 0 rings (SSSR count). The summed E-state index contributed by atoms with van der Waals surface area (Å²) < 4.78 is 0.0292. The van der Waals surface area contributed by atoms with Crippen LogP contribution in [-0.2, 0) is 4.79 Å². The molecule has 0 aromatic heterocycles.